The SMILES string of the molecule is COCCCOc1cc(C(C=O)C2(C)CC2)ccc1Cl. The highest BCUT2D eigenvalue weighted by atomic mass is 35.5. The Kier molecular flexibility index (Phi) is 5.06. The van der Waals surface area contributed by atoms with Gasteiger partial charge in [-0.2, -0.15) is 0 Å². The largest absolute Gasteiger partial charge is 0.492 e. The summed E-state index contributed by atoms with van der Waals surface area (Å²) in [5.41, 5.74) is 1.11. The Labute approximate surface area is 125 Å². The molecule has 1 aliphatic carbocycles. The number of methoxy groups -OCH3 is 1. The van der Waals surface area contributed by atoms with E-state index in [0.29, 0.717) is 24.0 Å². The molecule has 20 heavy (non-hydrogen) atoms. The van der Waals surface area contributed by atoms with Crippen LogP contribution in [0.25, 0.3) is 0 Å². The molecule has 1 aromatic rings. The molecule has 0 amide bonds. The van der Waals surface area contributed by atoms with E-state index in [1.54, 1.807) is 7.11 Å². The Bertz CT molecular complexity index is 469. The Hall–Kier alpha value is -1.06. The lowest BCUT2D eigenvalue weighted by molar-refractivity contribution is -0.110. The maximum Gasteiger partial charge on any atom is 0.138 e. The first-order valence-corrected chi connectivity index (χ1v) is 7.35. The summed E-state index contributed by atoms with van der Waals surface area (Å²) in [6, 6.07) is 5.63. The van der Waals surface area contributed by atoms with E-state index in [4.69, 9.17) is 21.1 Å². The second-order valence-electron chi connectivity index (χ2n) is 5.65. The molecule has 0 aromatic heterocycles. The van der Waals surface area contributed by atoms with Crippen LogP contribution in [0.3, 0.4) is 0 Å². The molecule has 0 N–H and O–H groups in total. The van der Waals surface area contributed by atoms with E-state index >= 15 is 0 Å². The van der Waals surface area contributed by atoms with Crippen LogP contribution in [-0.2, 0) is 9.53 Å². The molecule has 2 rings (SSSR count). The molecular weight excluding hydrogens is 276 g/mol. The molecule has 1 aliphatic rings. The van der Waals surface area contributed by atoms with Gasteiger partial charge in [0, 0.05) is 26.1 Å². The predicted octanol–water partition coefficient (Wildman–Crippen LogP) is 3.84. The third-order valence-electron chi connectivity index (χ3n) is 3.99. The summed E-state index contributed by atoms with van der Waals surface area (Å²) < 4.78 is 10.7. The molecule has 1 saturated carbocycles. The first-order chi connectivity index (χ1) is 9.60. The van der Waals surface area contributed by atoms with Crippen molar-refractivity contribution in [3.8, 4) is 5.75 Å². The van der Waals surface area contributed by atoms with Crippen molar-refractivity contribution >= 4 is 17.9 Å². The summed E-state index contributed by atoms with van der Waals surface area (Å²) in [4.78, 5) is 11.4. The van der Waals surface area contributed by atoms with Gasteiger partial charge in [-0.25, -0.2) is 0 Å². The van der Waals surface area contributed by atoms with Crippen molar-refractivity contribution in [1.29, 1.82) is 0 Å². The Morgan fingerprint density at radius 3 is 2.75 bits per heavy atom. The average Bonchev–Trinajstić information content (AvgIpc) is 3.17. The maximum atomic E-state index is 11.4. The van der Waals surface area contributed by atoms with Crippen LogP contribution >= 0.6 is 11.6 Å². The number of aldehydes is 1. The number of halogens is 1. The highest BCUT2D eigenvalue weighted by Crippen LogP contribution is 2.55. The molecule has 0 saturated heterocycles. The lowest BCUT2D eigenvalue weighted by Crippen LogP contribution is -2.12. The second-order valence-corrected chi connectivity index (χ2v) is 6.06. The fraction of sp³-hybridized carbons (Fsp3) is 0.562. The zero-order chi connectivity index (χ0) is 14.6. The summed E-state index contributed by atoms with van der Waals surface area (Å²) in [7, 11) is 1.67. The Balaban J connectivity index is 2.09. The minimum absolute atomic E-state index is 0.0684. The Morgan fingerprint density at radius 1 is 1.40 bits per heavy atom. The van der Waals surface area contributed by atoms with E-state index in [0.717, 1.165) is 31.1 Å². The number of hydrogen-bond acceptors (Lipinski definition) is 3. The van der Waals surface area contributed by atoms with Gasteiger partial charge in [0.05, 0.1) is 11.6 Å². The first kappa shape index (κ1) is 15.3. The Morgan fingerprint density at radius 2 is 2.15 bits per heavy atom. The van der Waals surface area contributed by atoms with E-state index in [1.807, 2.05) is 18.2 Å². The van der Waals surface area contributed by atoms with Crippen molar-refractivity contribution in [2.75, 3.05) is 20.3 Å². The summed E-state index contributed by atoms with van der Waals surface area (Å²) in [6.45, 7) is 3.37. The van der Waals surface area contributed by atoms with Crippen LogP contribution in [0.4, 0.5) is 0 Å². The fourth-order valence-electron chi connectivity index (χ4n) is 2.36. The molecular formula is C16H21ClO3. The highest BCUT2D eigenvalue weighted by molar-refractivity contribution is 6.32. The lowest BCUT2D eigenvalue weighted by Gasteiger charge is -2.19. The molecule has 0 heterocycles. The summed E-state index contributed by atoms with van der Waals surface area (Å²) in [5, 5.41) is 0.580. The second kappa shape index (κ2) is 6.59. The monoisotopic (exact) mass is 296 g/mol. The molecule has 1 unspecified atom stereocenters. The van der Waals surface area contributed by atoms with Crippen LogP contribution in [-0.4, -0.2) is 26.6 Å². The highest BCUT2D eigenvalue weighted by Gasteiger charge is 2.45. The standard InChI is InChI=1S/C16H21ClO3/c1-16(6-7-16)13(11-18)12-4-5-14(17)15(10-12)20-9-3-8-19-2/h4-5,10-11,13H,3,6-9H2,1-2H3. The number of ether oxygens (including phenoxy) is 2. The van der Waals surface area contributed by atoms with Crippen LogP contribution in [0.15, 0.2) is 18.2 Å². The summed E-state index contributed by atoms with van der Waals surface area (Å²) >= 11 is 6.14. The van der Waals surface area contributed by atoms with E-state index < -0.39 is 0 Å². The van der Waals surface area contributed by atoms with Crippen molar-refractivity contribution in [3.63, 3.8) is 0 Å². The van der Waals surface area contributed by atoms with Gasteiger partial charge in [-0.15, -0.1) is 0 Å². The van der Waals surface area contributed by atoms with Crippen LogP contribution < -0.4 is 4.74 Å². The average molecular weight is 297 g/mol. The number of carbonyl (C=O) groups is 1. The molecule has 1 atom stereocenters. The normalized spacial score (nSPS) is 17.6. The third-order valence-corrected chi connectivity index (χ3v) is 4.30. The molecule has 110 valence electrons. The third kappa shape index (κ3) is 3.53. The van der Waals surface area contributed by atoms with Crippen molar-refractivity contribution in [2.24, 2.45) is 5.41 Å². The predicted molar refractivity (Wildman–Crippen MR) is 79.6 cm³/mol. The molecule has 1 aromatic carbocycles. The first-order valence-electron chi connectivity index (χ1n) is 6.97. The molecule has 4 heteroatoms. The fourth-order valence-corrected chi connectivity index (χ4v) is 2.53. The smallest absolute Gasteiger partial charge is 0.138 e. The zero-order valence-electron chi connectivity index (χ0n) is 12.0. The molecule has 1 fully saturated rings. The van der Waals surface area contributed by atoms with Gasteiger partial charge in [-0.1, -0.05) is 24.6 Å². The van der Waals surface area contributed by atoms with E-state index in [-0.39, 0.29) is 11.3 Å². The lowest BCUT2D eigenvalue weighted by atomic mass is 9.86. The quantitative estimate of drug-likeness (QED) is 0.540. The van der Waals surface area contributed by atoms with Crippen molar-refractivity contribution in [3.05, 3.63) is 28.8 Å². The molecule has 0 bridgehead atoms. The van der Waals surface area contributed by atoms with Crippen LogP contribution in [0, 0.1) is 5.41 Å². The van der Waals surface area contributed by atoms with E-state index in [2.05, 4.69) is 6.92 Å². The number of benzene rings is 1. The van der Waals surface area contributed by atoms with Crippen LogP contribution in [0.5, 0.6) is 5.75 Å². The zero-order valence-corrected chi connectivity index (χ0v) is 12.8. The van der Waals surface area contributed by atoms with Gasteiger partial charge in [0.2, 0.25) is 0 Å². The number of carbonyl (C=O) groups excluding carboxylic acids is 1. The van der Waals surface area contributed by atoms with Gasteiger partial charge < -0.3 is 14.3 Å². The van der Waals surface area contributed by atoms with Gasteiger partial charge in [-0.3, -0.25) is 0 Å². The molecule has 0 radical (unpaired) electrons. The van der Waals surface area contributed by atoms with Gasteiger partial charge in [-0.05, 0) is 36.0 Å². The summed E-state index contributed by atoms with van der Waals surface area (Å²) in [6.07, 6.45) is 4.06. The van der Waals surface area contributed by atoms with E-state index in [9.17, 15) is 4.79 Å². The minimum atomic E-state index is -0.0684. The topological polar surface area (TPSA) is 35.5 Å². The summed E-state index contributed by atoms with van der Waals surface area (Å²) in [5.74, 6) is 0.581. The van der Waals surface area contributed by atoms with Gasteiger partial charge in [0.15, 0.2) is 0 Å². The molecule has 3 nitrogen and oxygen atoms in total. The van der Waals surface area contributed by atoms with Gasteiger partial charge in [0.1, 0.15) is 12.0 Å². The number of hydrogen-bond donors (Lipinski definition) is 0. The molecule has 0 spiro atoms. The van der Waals surface area contributed by atoms with Crippen molar-refractivity contribution in [2.45, 2.75) is 32.1 Å². The van der Waals surface area contributed by atoms with Crippen LogP contribution in [0.1, 0.15) is 37.7 Å². The van der Waals surface area contributed by atoms with Crippen molar-refractivity contribution < 1.29 is 14.3 Å². The van der Waals surface area contributed by atoms with Gasteiger partial charge >= 0.3 is 0 Å². The maximum absolute atomic E-state index is 11.4. The minimum Gasteiger partial charge on any atom is -0.492 e. The molecule has 0 aliphatic heterocycles. The van der Waals surface area contributed by atoms with E-state index in [1.165, 1.54) is 0 Å². The van der Waals surface area contributed by atoms with Crippen molar-refractivity contribution in [1.82, 2.24) is 0 Å². The number of rotatable bonds is 8. The van der Waals surface area contributed by atoms with Gasteiger partial charge in [0.25, 0.3) is 0 Å². The van der Waals surface area contributed by atoms with Crippen LogP contribution in [0.2, 0.25) is 5.02 Å².